The fourth-order valence-electron chi connectivity index (χ4n) is 1.31. The molecule has 2 aromatic heterocycles. The molecule has 15 heavy (non-hydrogen) atoms. The largest absolute Gasteiger partial charge is 0.485 e. The van der Waals surface area contributed by atoms with Crippen molar-refractivity contribution in [2.75, 3.05) is 6.61 Å². The molecule has 0 fully saturated rings. The van der Waals surface area contributed by atoms with Gasteiger partial charge in [-0.1, -0.05) is 0 Å². The molecule has 0 aromatic carbocycles. The number of aromatic nitrogens is 2. The highest BCUT2D eigenvalue weighted by molar-refractivity contribution is 5.44. The van der Waals surface area contributed by atoms with Crippen LogP contribution in [0.15, 0.2) is 30.7 Å². The first-order valence-corrected chi connectivity index (χ1v) is 4.83. The van der Waals surface area contributed by atoms with Crippen LogP contribution in [0.5, 0.6) is 5.75 Å². The fourth-order valence-corrected chi connectivity index (χ4v) is 1.31. The van der Waals surface area contributed by atoms with E-state index in [-0.39, 0.29) is 6.61 Å². The lowest BCUT2D eigenvalue weighted by atomic mass is 10.1. The van der Waals surface area contributed by atoms with Crippen LogP contribution in [0.3, 0.4) is 0 Å². The number of hydrogen-bond acceptors (Lipinski definition) is 3. The molecule has 0 aliphatic heterocycles. The number of hydrogen-bond donors (Lipinski definition) is 1. The van der Waals surface area contributed by atoms with E-state index >= 15 is 0 Å². The van der Waals surface area contributed by atoms with Crippen LogP contribution in [0, 0.1) is 0 Å². The number of ether oxygens (including phenoxy) is 1. The Labute approximate surface area is 88.1 Å². The van der Waals surface area contributed by atoms with E-state index in [4.69, 9.17) is 9.84 Å². The van der Waals surface area contributed by atoms with Crippen molar-refractivity contribution in [2.45, 2.75) is 19.4 Å². The van der Waals surface area contributed by atoms with Crippen molar-refractivity contribution in [1.29, 1.82) is 0 Å². The third-order valence-corrected chi connectivity index (χ3v) is 2.14. The molecule has 0 spiro atoms. The molecule has 0 aliphatic rings. The van der Waals surface area contributed by atoms with Gasteiger partial charge >= 0.3 is 0 Å². The molecule has 0 unspecified atom stereocenters. The van der Waals surface area contributed by atoms with E-state index in [0.29, 0.717) is 5.75 Å². The predicted molar refractivity (Wildman–Crippen MR) is 57.0 cm³/mol. The molecule has 2 rings (SSSR count). The van der Waals surface area contributed by atoms with Crippen LogP contribution < -0.4 is 4.74 Å². The molecule has 0 atom stereocenters. The van der Waals surface area contributed by atoms with Crippen molar-refractivity contribution in [3.05, 3.63) is 30.7 Å². The minimum absolute atomic E-state index is 0.0212. The van der Waals surface area contributed by atoms with Crippen molar-refractivity contribution < 1.29 is 9.84 Å². The number of aliphatic hydroxyl groups excluding tert-OH is 1. The number of nitrogens with zero attached hydrogens (tertiary/aromatic N) is 2. The van der Waals surface area contributed by atoms with E-state index in [9.17, 15) is 0 Å². The monoisotopic (exact) mass is 206 g/mol. The zero-order chi connectivity index (χ0) is 10.9. The van der Waals surface area contributed by atoms with Crippen LogP contribution in [0.25, 0.3) is 5.65 Å². The molecule has 0 amide bonds. The Hall–Kier alpha value is -1.55. The Morgan fingerprint density at radius 1 is 1.47 bits per heavy atom. The lowest BCUT2D eigenvalue weighted by molar-refractivity contribution is 0.0413. The van der Waals surface area contributed by atoms with Gasteiger partial charge in [0, 0.05) is 24.7 Å². The summed E-state index contributed by atoms with van der Waals surface area (Å²) < 4.78 is 7.53. The maximum absolute atomic E-state index is 9.08. The Bertz CT molecular complexity index is 462. The summed E-state index contributed by atoms with van der Waals surface area (Å²) in [6, 6.07) is 3.70. The summed E-state index contributed by atoms with van der Waals surface area (Å²) in [6.45, 7) is 3.65. The third kappa shape index (κ3) is 2.10. The van der Waals surface area contributed by atoms with Gasteiger partial charge in [0.15, 0.2) is 0 Å². The van der Waals surface area contributed by atoms with E-state index in [1.807, 2.05) is 42.8 Å². The molecular formula is C11H14N2O2. The van der Waals surface area contributed by atoms with Gasteiger partial charge < -0.3 is 14.2 Å². The molecule has 2 aromatic rings. The van der Waals surface area contributed by atoms with Gasteiger partial charge in [0.05, 0.1) is 6.61 Å². The van der Waals surface area contributed by atoms with Gasteiger partial charge in [-0.05, 0) is 19.9 Å². The topological polar surface area (TPSA) is 46.8 Å². The molecule has 4 nitrogen and oxygen atoms in total. The van der Waals surface area contributed by atoms with E-state index in [1.165, 1.54) is 0 Å². The summed E-state index contributed by atoms with van der Waals surface area (Å²) in [4.78, 5) is 4.16. The number of aliphatic hydroxyl groups is 1. The summed E-state index contributed by atoms with van der Waals surface area (Å²) in [7, 11) is 0. The fraction of sp³-hybridized carbons (Fsp3) is 0.364. The van der Waals surface area contributed by atoms with E-state index in [1.54, 1.807) is 6.20 Å². The van der Waals surface area contributed by atoms with Crippen molar-refractivity contribution in [3.8, 4) is 5.75 Å². The van der Waals surface area contributed by atoms with Crippen LogP contribution in [-0.2, 0) is 0 Å². The number of rotatable bonds is 3. The number of fused-ring (bicyclic) bond motifs is 1. The molecule has 0 saturated carbocycles. The van der Waals surface area contributed by atoms with E-state index in [2.05, 4.69) is 4.98 Å². The van der Waals surface area contributed by atoms with Crippen molar-refractivity contribution in [2.24, 2.45) is 0 Å². The van der Waals surface area contributed by atoms with Crippen molar-refractivity contribution >= 4 is 5.65 Å². The average Bonchev–Trinajstić information content (AvgIpc) is 2.64. The van der Waals surface area contributed by atoms with Gasteiger partial charge in [-0.15, -0.1) is 0 Å². The van der Waals surface area contributed by atoms with E-state index in [0.717, 1.165) is 5.65 Å². The molecule has 4 heteroatoms. The highest BCUT2D eigenvalue weighted by Crippen LogP contribution is 2.19. The summed E-state index contributed by atoms with van der Waals surface area (Å²) in [6.07, 6.45) is 5.48. The predicted octanol–water partition coefficient (Wildman–Crippen LogP) is 1.48. The van der Waals surface area contributed by atoms with Gasteiger partial charge in [-0.25, -0.2) is 4.98 Å². The second kappa shape index (κ2) is 3.55. The SMILES string of the molecule is CC(C)(CO)Oc1ccn2ccnc2c1. The molecule has 0 saturated heterocycles. The number of imidazole rings is 1. The Morgan fingerprint density at radius 3 is 3.00 bits per heavy atom. The molecule has 80 valence electrons. The highest BCUT2D eigenvalue weighted by atomic mass is 16.5. The first kappa shape index (κ1) is 9.98. The molecule has 0 bridgehead atoms. The smallest absolute Gasteiger partial charge is 0.140 e. The summed E-state index contributed by atoms with van der Waals surface area (Å²) in [5.74, 6) is 0.716. The average molecular weight is 206 g/mol. The summed E-state index contributed by atoms with van der Waals surface area (Å²) in [5.41, 5.74) is 0.270. The minimum Gasteiger partial charge on any atom is -0.485 e. The van der Waals surface area contributed by atoms with Gasteiger partial charge in [-0.3, -0.25) is 0 Å². The highest BCUT2D eigenvalue weighted by Gasteiger charge is 2.18. The van der Waals surface area contributed by atoms with Crippen LogP contribution in [0.1, 0.15) is 13.8 Å². The standard InChI is InChI=1S/C11H14N2O2/c1-11(2,8-14)15-9-3-5-13-6-4-12-10(13)7-9/h3-7,14H,8H2,1-2H3. The molecule has 0 aliphatic carbocycles. The zero-order valence-electron chi connectivity index (χ0n) is 8.84. The maximum Gasteiger partial charge on any atom is 0.140 e. The van der Waals surface area contributed by atoms with E-state index < -0.39 is 5.60 Å². The second-order valence-corrected chi connectivity index (χ2v) is 4.08. The lowest BCUT2D eigenvalue weighted by Gasteiger charge is -2.23. The van der Waals surface area contributed by atoms with Crippen LogP contribution in [0.4, 0.5) is 0 Å². The maximum atomic E-state index is 9.08. The molecule has 2 heterocycles. The summed E-state index contributed by atoms with van der Waals surface area (Å²) in [5, 5.41) is 9.08. The molecule has 0 radical (unpaired) electrons. The van der Waals surface area contributed by atoms with Crippen LogP contribution in [-0.4, -0.2) is 26.7 Å². The normalized spacial score (nSPS) is 11.9. The van der Waals surface area contributed by atoms with Gasteiger partial charge in [-0.2, -0.15) is 0 Å². The first-order chi connectivity index (χ1) is 7.11. The van der Waals surface area contributed by atoms with Crippen molar-refractivity contribution in [3.63, 3.8) is 0 Å². The van der Waals surface area contributed by atoms with Crippen LogP contribution >= 0.6 is 0 Å². The Kier molecular flexibility index (Phi) is 2.36. The second-order valence-electron chi connectivity index (χ2n) is 4.08. The summed E-state index contributed by atoms with van der Waals surface area (Å²) >= 11 is 0. The minimum atomic E-state index is -0.565. The quantitative estimate of drug-likeness (QED) is 0.827. The first-order valence-electron chi connectivity index (χ1n) is 4.83. The number of pyridine rings is 1. The van der Waals surface area contributed by atoms with Crippen LogP contribution in [0.2, 0.25) is 0 Å². The molecular weight excluding hydrogens is 192 g/mol. The van der Waals surface area contributed by atoms with Gasteiger partial charge in [0.1, 0.15) is 17.0 Å². The van der Waals surface area contributed by atoms with Gasteiger partial charge in [0.25, 0.3) is 0 Å². The Morgan fingerprint density at radius 2 is 2.27 bits per heavy atom. The third-order valence-electron chi connectivity index (χ3n) is 2.14. The van der Waals surface area contributed by atoms with Gasteiger partial charge in [0.2, 0.25) is 0 Å². The zero-order valence-corrected chi connectivity index (χ0v) is 8.84. The lowest BCUT2D eigenvalue weighted by Crippen LogP contribution is -2.32. The van der Waals surface area contributed by atoms with Crippen molar-refractivity contribution in [1.82, 2.24) is 9.38 Å². The molecule has 1 N–H and O–H groups in total. The Balaban J connectivity index is 2.28.